The van der Waals surface area contributed by atoms with Gasteiger partial charge in [0, 0.05) is 16.8 Å². The minimum absolute atomic E-state index is 0.166. The highest BCUT2D eigenvalue weighted by Gasteiger charge is 2.13. The van der Waals surface area contributed by atoms with Gasteiger partial charge in [0.1, 0.15) is 5.75 Å². The summed E-state index contributed by atoms with van der Waals surface area (Å²) in [5, 5.41) is 12.6. The second-order valence-corrected chi connectivity index (χ2v) is 4.48. The van der Waals surface area contributed by atoms with Gasteiger partial charge in [-0.05, 0) is 37.6 Å². The van der Waals surface area contributed by atoms with Gasteiger partial charge in [-0.3, -0.25) is 4.79 Å². The van der Waals surface area contributed by atoms with Crippen molar-refractivity contribution in [1.29, 1.82) is 0 Å². The minimum Gasteiger partial charge on any atom is -0.508 e. The smallest absolute Gasteiger partial charge is 0.256 e. The molecule has 0 radical (unpaired) electrons. The number of nitrogens with one attached hydrogen (secondary N) is 1. The van der Waals surface area contributed by atoms with Crippen LogP contribution in [0.15, 0.2) is 42.5 Å². The van der Waals surface area contributed by atoms with Crippen LogP contribution in [-0.4, -0.2) is 11.0 Å². The summed E-state index contributed by atoms with van der Waals surface area (Å²) in [7, 11) is 0. The number of phenolic OH excluding ortho intramolecular Hbond substituents is 1. The fourth-order valence-corrected chi connectivity index (χ4v) is 1.99. The van der Waals surface area contributed by atoms with E-state index in [-0.39, 0.29) is 11.7 Å². The summed E-state index contributed by atoms with van der Waals surface area (Å²) in [6.45, 7) is 3.91. The summed E-state index contributed by atoms with van der Waals surface area (Å²) < 4.78 is 0. The molecule has 98 valence electrons. The average Bonchev–Trinajstić information content (AvgIpc) is 2.41. The largest absolute Gasteiger partial charge is 0.508 e. The van der Waals surface area contributed by atoms with Gasteiger partial charge >= 0.3 is 0 Å². The summed E-state index contributed by atoms with van der Waals surface area (Å²) in [6.07, 6.45) is 0.614. The van der Waals surface area contributed by atoms with Crippen molar-refractivity contribution in [1.82, 2.24) is 0 Å². The van der Waals surface area contributed by atoms with Crippen molar-refractivity contribution in [2.75, 3.05) is 5.32 Å². The topological polar surface area (TPSA) is 49.3 Å². The van der Waals surface area contributed by atoms with E-state index in [0.29, 0.717) is 17.5 Å². The fourth-order valence-electron chi connectivity index (χ4n) is 1.99. The normalized spacial score (nSPS) is 10.2. The van der Waals surface area contributed by atoms with Gasteiger partial charge in [-0.1, -0.05) is 30.7 Å². The Morgan fingerprint density at radius 3 is 2.47 bits per heavy atom. The van der Waals surface area contributed by atoms with Gasteiger partial charge in [0.15, 0.2) is 0 Å². The van der Waals surface area contributed by atoms with Crippen molar-refractivity contribution in [2.24, 2.45) is 0 Å². The van der Waals surface area contributed by atoms with E-state index in [9.17, 15) is 9.90 Å². The Hall–Kier alpha value is -2.29. The van der Waals surface area contributed by atoms with Crippen LogP contribution in [0.2, 0.25) is 0 Å². The Labute approximate surface area is 112 Å². The zero-order chi connectivity index (χ0) is 13.8. The molecule has 0 aromatic heterocycles. The van der Waals surface area contributed by atoms with Gasteiger partial charge in [-0.2, -0.15) is 0 Å². The van der Waals surface area contributed by atoms with E-state index in [1.807, 2.05) is 38.1 Å². The number of carbonyl (C=O) groups is 1. The summed E-state index contributed by atoms with van der Waals surface area (Å²) in [5.41, 5.74) is 3.08. The average molecular weight is 255 g/mol. The number of carbonyl (C=O) groups excluding carboxylic acids is 1. The second kappa shape index (κ2) is 5.57. The van der Waals surface area contributed by atoms with E-state index in [1.165, 1.54) is 0 Å². The molecule has 3 nitrogen and oxygen atoms in total. The molecule has 3 heteroatoms. The molecular weight excluding hydrogens is 238 g/mol. The number of hydrogen-bond acceptors (Lipinski definition) is 2. The van der Waals surface area contributed by atoms with Gasteiger partial charge in [-0.15, -0.1) is 0 Å². The Balaban J connectivity index is 2.25. The number of aromatic hydroxyl groups is 1. The third kappa shape index (κ3) is 2.94. The highest BCUT2D eigenvalue weighted by Crippen LogP contribution is 2.22. The predicted molar refractivity (Wildman–Crippen MR) is 76.6 cm³/mol. The van der Waals surface area contributed by atoms with Crippen molar-refractivity contribution in [3.05, 3.63) is 59.2 Å². The van der Waals surface area contributed by atoms with Crippen LogP contribution in [0.25, 0.3) is 0 Å². The molecule has 0 atom stereocenters. The maximum absolute atomic E-state index is 12.2. The number of anilines is 1. The molecule has 0 spiro atoms. The monoisotopic (exact) mass is 255 g/mol. The maximum atomic E-state index is 12.2. The molecule has 0 aliphatic rings. The van der Waals surface area contributed by atoms with Gasteiger partial charge in [0.25, 0.3) is 5.91 Å². The Morgan fingerprint density at radius 2 is 1.84 bits per heavy atom. The van der Waals surface area contributed by atoms with E-state index in [0.717, 1.165) is 11.3 Å². The lowest BCUT2D eigenvalue weighted by atomic mass is 10.0. The highest BCUT2D eigenvalue weighted by molar-refractivity contribution is 6.05. The lowest BCUT2D eigenvalue weighted by Gasteiger charge is -2.10. The molecule has 2 rings (SSSR count). The minimum atomic E-state index is -0.198. The zero-order valence-electron chi connectivity index (χ0n) is 11.1. The number of rotatable bonds is 3. The van der Waals surface area contributed by atoms with Crippen molar-refractivity contribution >= 4 is 11.6 Å². The molecule has 2 aromatic rings. The van der Waals surface area contributed by atoms with Gasteiger partial charge in [-0.25, -0.2) is 0 Å². The second-order valence-electron chi connectivity index (χ2n) is 4.48. The SMILES string of the molecule is CCc1c(O)cccc1C(=O)Nc1ccc(C)cc1. The van der Waals surface area contributed by atoms with E-state index in [1.54, 1.807) is 18.2 Å². The fraction of sp³-hybridized carbons (Fsp3) is 0.188. The van der Waals surface area contributed by atoms with Crippen LogP contribution in [0.1, 0.15) is 28.4 Å². The Kier molecular flexibility index (Phi) is 3.85. The van der Waals surface area contributed by atoms with Crippen LogP contribution in [0.5, 0.6) is 5.75 Å². The molecule has 0 heterocycles. The lowest BCUT2D eigenvalue weighted by Crippen LogP contribution is -2.14. The van der Waals surface area contributed by atoms with Crippen molar-refractivity contribution < 1.29 is 9.90 Å². The van der Waals surface area contributed by atoms with Gasteiger partial charge in [0.2, 0.25) is 0 Å². The third-order valence-electron chi connectivity index (χ3n) is 3.06. The summed E-state index contributed by atoms with van der Waals surface area (Å²) in [5.74, 6) is -0.0318. The summed E-state index contributed by atoms with van der Waals surface area (Å²) in [4.78, 5) is 12.2. The van der Waals surface area contributed by atoms with Crippen molar-refractivity contribution in [2.45, 2.75) is 20.3 Å². The summed E-state index contributed by atoms with van der Waals surface area (Å²) >= 11 is 0. The number of benzene rings is 2. The molecule has 0 aliphatic carbocycles. The number of amides is 1. The molecule has 0 aliphatic heterocycles. The summed E-state index contributed by atoms with van der Waals surface area (Å²) in [6, 6.07) is 12.6. The molecule has 0 saturated carbocycles. The first-order valence-electron chi connectivity index (χ1n) is 6.30. The first-order chi connectivity index (χ1) is 9.11. The highest BCUT2D eigenvalue weighted by atomic mass is 16.3. The quantitative estimate of drug-likeness (QED) is 0.881. The Morgan fingerprint density at radius 1 is 1.16 bits per heavy atom. The molecule has 2 aromatic carbocycles. The lowest BCUT2D eigenvalue weighted by molar-refractivity contribution is 0.102. The maximum Gasteiger partial charge on any atom is 0.256 e. The molecule has 0 fully saturated rings. The van der Waals surface area contributed by atoms with Crippen LogP contribution < -0.4 is 5.32 Å². The zero-order valence-corrected chi connectivity index (χ0v) is 11.1. The molecule has 0 unspecified atom stereocenters. The van der Waals surface area contributed by atoms with Crippen LogP contribution in [-0.2, 0) is 6.42 Å². The molecule has 0 bridgehead atoms. The first kappa shape index (κ1) is 13.1. The first-order valence-corrected chi connectivity index (χ1v) is 6.30. The standard InChI is InChI=1S/C16H17NO2/c1-3-13-14(5-4-6-15(13)18)16(19)17-12-9-7-11(2)8-10-12/h4-10,18H,3H2,1-2H3,(H,17,19). The van der Waals surface area contributed by atoms with Crippen LogP contribution in [0.4, 0.5) is 5.69 Å². The van der Waals surface area contributed by atoms with E-state index in [4.69, 9.17) is 0 Å². The van der Waals surface area contributed by atoms with Crippen molar-refractivity contribution in [3.8, 4) is 5.75 Å². The molecule has 19 heavy (non-hydrogen) atoms. The molecule has 2 N–H and O–H groups in total. The van der Waals surface area contributed by atoms with E-state index in [2.05, 4.69) is 5.32 Å². The van der Waals surface area contributed by atoms with E-state index < -0.39 is 0 Å². The van der Waals surface area contributed by atoms with Crippen LogP contribution in [0.3, 0.4) is 0 Å². The number of phenols is 1. The molecular formula is C16H17NO2. The van der Waals surface area contributed by atoms with Crippen LogP contribution >= 0.6 is 0 Å². The number of hydrogen-bond donors (Lipinski definition) is 2. The van der Waals surface area contributed by atoms with Gasteiger partial charge in [0.05, 0.1) is 0 Å². The van der Waals surface area contributed by atoms with Gasteiger partial charge < -0.3 is 10.4 Å². The Bertz CT molecular complexity index is 588. The predicted octanol–water partition coefficient (Wildman–Crippen LogP) is 3.52. The molecule has 0 saturated heterocycles. The number of aryl methyl sites for hydroxylation is 1. The van der Waals surface area contributed by atoms with E-state index >= 15 is 0 Å². The van der Waals surface area contributed by atoms with Crippen molar-refractivity contribution in [3.63, 3.8) is 0 Å². The third-order valence-corrected chi connectivity index (χ3v) is 3.06. The van der Waals surface area contributed by atoms with Crippen LogP contribution in [0, 0.1) is 6.92 Å². The molecule has 1 amide bonds.